The molecule has 0 nitrogen and oxygen atoms in total. The van der Waals surface area contributed by atoms with Crippen molar-refractivity contribution in [3.63, 3.8) is 0 Å². The quantitative estimate of drug-likeness (QED) is 0.192. The molecule has 0 bridgehead atoms. The zero-order chi connectivity index (χ0) is 33.0. The Morgan fingerprint density at radius 2 is 1.46 bits per heavy atom. The first kappa shape index (κ1) is 33.5. The van der Waals surface area contributed by atoms with Crippen LogP contribution < -0.4 is 0 Å². The Hall–Kier alpha value is -3.90. The summed E-state index contributed by atoms with van der Waals surface area (Å²) in [6.45, 7) is 27.0. The van der Waals surface area contributed by atoms with Gasteiger partial charge in [0.15, 0.2) is 0 Å². The van der Waals surface area contributed by atoms with Crippen molar-refractivity contribution in [2.75, 3.05) is 0 Å². The molecule has 1 fully saturated rings. The van der Waals surface area contributed by atoms with E-state index in [0.717, 1.165) is 56.9 Å². The van der Waals surface area contributed by atoms with Crippen molar-refractivity contribution in [3.8, 4) is 0 Å². The van der Waals surface area contributed by atoms with Gasteiger partial charge >= 0.3 is 0 Å². The molecule has 2 atom stereocenters. The fourth-order valence-electron chi connectivity index (χ4n) is 7.89. The fourth-order valence-corrected chi connectivity index (χ4v) is 7.89. The summed E-state index contributed by atoms with van der Waals surface area (Å²) in [4.78, 5) is 0. The second-order valence-electron chi connectivity index (χ2n) is 13.6. The van der Waals surface area contributed by atoms with Gasteiger partial charge in [-0.3, -0.25) is 0 Å². The van der Waals surface area contributed by atoms with E-state index in [1.165, 1.54) is 77.9 Å². The van der Waals surface area contributed by atoms with Gasteiger partial charge in [0, 0.05) is 11.8 Å². The van der Waals surface area contributed by atoms with Crippen LogP contribution in [0.4, 0.5) is 0 Å². The molecule has 3 aromatic rings. The number of allylic oxidation sites excluding steroid dienone is 8. The summed E-state index contributed by atoms with van der Waals surface area (Å²) in [5.41, 5.74) is 20.6. The Balaban J connectivity index is 1.44. The molecule has 0 heterocycles. The van der Waals surface area contributed by atoms with Crippen molar-refractivity contribution < 1.29 is 0 Å². The number of aryl methyl sites for hydroxylation is 5. The molecule has 0 saturated heterocycles. The molecule has 46 heavy (non-hydrogen) atoms. The van der Waals surface area contributed by atoms with Crippen molar-refractivity contribution in [1.29, 1.82) is 0 Å². The van der Waals surface area contributed by atoms with Gasteiger partial charge < -0.3 is 0 Å². The van der Waals surface area contributed by atoms with Crippen LogP contribution in [-0.2, 0) is 32.1 Å². The summed E-state index contributed by atoms with van der Waals surface area (Å²) in [6.07, 6.45) is 13.3. The predicted octanol–water partition coefficient (Wildman–Crippen LogP) is 12.5. The normalized spacial score (nSPS) is 18.6. The zero-order valence-electron chi connectivity index (χ0n) is 29.4. The third-order valence-corrected chi connectivity index (χ3v) is 10.4. The topological polar surface area (TPSA) is 0 Å². The van der Waals surface area contributed by atoms with Crippen LogP contribution in [0, 0.1) is 5.92 Å². The maximum atomic E-state index is 4.81. The Morgan fingerprint density at radius 1 is 0.783 bits per heavy atom. The number of benzene rings is 3. The summed E-state index contributed by atoms with van der Waals surface area (Å²) in [7, 11) is 0. The average Bonchev–Trinajstić information content (AvgIpc) is 3.36. The molecule has 0 spiro atoms. The Morgan fingerprint density at radius 3 is 2.11 bits per heavy atom. The highest BCUT2D eigenvalue weighted by molar-refractivity contribution is 5.68. The van der Waals surface area contributed by atoms with Gasteiger partial charge in [0.1, 0.15) is 0 Å². The van der Waals surface area contributed by atoms with E-state index in [1.807, 2.05) is 0 Å². The minimum absolute atomic E-state index is 0.270. The fraction of sp³-hybridized carbons (Fsp3) is 0.348. The number of rotatable bonds is 12. The molecule has 0 amide bonds. The zero-order valence-corrected chi connectivity index (χ0v) is 29.4. The Kier molecular flexibility index (Phi) is 10.7. The van der Waals surface area contributed by atoms with Gasteiger partial charge in [-0.2, -0.15) is 0 Å². The van der Waals surface area contributed by atoms with E-state index in [2.05, 4.69) is 128 Å². The van der Waals surface area contributed by atoms with E-state index >= 15 is 0 Å². The van der Waals surface area contributed by atoms with Gasteiger partial charge in [-0.15, -0.1) is 0 Å². The molecule has 3 aromatic carbocycles. The van der Waals surface area contributed by atoms with Crippen LogP contribution in [0.15, 0.2) is 120 Å². The molecule has 2 aliphatic carbocycles. The minimum Gasteiger partial charge on any atom is -0.0955 e. The number of hydrogen-bond donors (Lipinski definition) is 0. The molecule has 0 aliphatic heterocycles. The van der Waals surface area contributed by atoms with Crippen LogP contribution in [0.5, 0.6) is 0 Å². The van der Waals surface area contributed by atoms with Crippen LogP contribution in [0.1, 0.15) is 111 Å². The maximum absolute atomic E-state index is 4.81. The summed E-state index contributed by atoms with van der Waals surface area (Å²) < 4.78 is 0. The van der Waals surface area contributed by atoms with Crippen molar-refractivity contribution in [2.45, 2.75) is 98.8 Å². The summed E-state index contributed by atoms with van der Waals surface area (Å²) in [6, 6.07) is 23.3. The van der Waals surface area contributed by atoms with E-state index in [1.54, 1.807) is 0 Å². The van der Waals surface area contributed by atoms with Crippen molar-refractivity contribution >= 4 is 11.6 Å². The Labute approximate surface area is 280 Å². The number of fused-ring (bicyclic) bond motifs is 1. The summed E-state index contributed by atoms with van der Waals surface area (Å²) >= 11 is 0. The van der Waals surface area contributed by atoms with Crippen LogP contribution in [0.2, 0.25) is 0 Å². The van der Waals surface area contributed by atoms with E-state index in [9.17, 15) is 0 Å². The molecule has 0 aromatic heterocycles. The standard InChI is InChI=1S/C46H54/c1-10-14-31(7)44-32(8)25-43-29-42(33(9)45(43)46(44)41-24-23-36(11-2)38(13-4)28-41)27-35-18-22-40(37(12-3)26-35)21-17-34-15-19-39(20-16-34)30(5)6/h15-16,18-20,22-28,45-46H,5,7,9-14,17,21,29H2,1-4,6,8H3/b42-27+. The lowest BCUT2D eigenvalue weighted by Crippen LogP contribution is -2.21. The lowest BCUT2D eigenvalue weighted by molar-refractivity contribution is 0.618. The Bertz CT molecular complexity index is 1730. The predicted molar refractivity (Wildman–Crippen MR) is 202 cm³/mol. The first-order valence-electron chi connectivity index (χ1n) is 17.7. The monoisotopic (exact) mass is 606 g/mol. The van der Waals surface area contributed by atoms with Crippen molar-refractivity contribution in [1.82, 2.24) is 0 Å². The lowest BCUT2D eigenvalue weighted by atomic mass is 9.68. The van der Waals surface area contributed by atoms with Crippen LogP contribution in [0.3, 0.4) is 0 Å². The third-order valence-electron chi connectivity index (χ3n) is 10.4. The molecule has 0 radical (unpaired) electrons. The highest BCUT2D eigenvalue weighted by Crippen LogP contribution is 2.55. The van der Waals surface area contributed by atoms with Gasteiger partial charge in [0.05, 0.1) is 0 Å². The first-order chi connectivity index (χ1) is 22.2. The van der Waals surface area contributed by atoms with Gasteiger partial charge in [-0.1, -0.05) is 143 Å². The molecule has 1 saturated carbocycles. The van der Waals surface area contributed by atoms with Crippen LogP contribution >= 0.6 is 0 Å². The van der Waals surface area contributed by atoms with Gasteiger partial charge in [0.25, 0.3) is 0 Å². The largest absolute Gasteiger partial charge is 0.0955 e. The smallest absolute Gasteiger partial charge is 0.0201 e. The number of hydrogen-bond acceptors (Lipinski definition) is 0. The molecule has 2 unspecified atom stereocenters. The van der Waals surface area contributed by atoms with E-state index in [0.29, 0.717) is 0 Å². The molecular weight excluding hydrogens is 553 g/mol. The second kappa shape index (κ2) is 14.7. The molecule has 2 aliphatic rings. The molecule has 0 heteroatoms. The average molecular weight is 607 g/mol. The first-order valence-corrected chi connectivity index (χ1v) is 17.7. The van der Waals surface area contributed by atoms with Crippen LogP contribution in [0.25, 0.3) is 11.6 Å². The highest BCUT2D eigenvalue weighted by atomic mass is 14.4. The second-order valence-corrected chi connectivity index (χ2v) is 13.6. The van der Waals surface area contributed by atoms with Gasteiger partial charge in [0.2, 0.25) is 0 Å². The lowest BCUT2D eigenvalue weighted by Gasteiger charge is -2.35. The van der Waals surface area contributed by atoms with Crippen molar-refractivity contribution in [3.05, 3.63) is 164 Å². The molecular formula is C46H54. The molecule has 0 N–H and O–H groups in total. The molecule has 5 rings (SSSR count). The van der Waals surface area contributed by atoms with Crippen LogP contribution in [-0.4, -0.2) is 0 Å². The summed E-state index contributed by atoms with van der Waals surface area (Å²) in [5.74, 6) is 0.559. The van der Waals surface area contributed by atoms with E-state index < -0.39 is 0 Å². The van der Waals surface area contributed by atoms with E-state index in [-0.39, 0.29) is 11.8 Å². The van der Waals surface area contributed by atoms with Gasteiger partial charge in [-0.25, -0.2) is 0 Å². The van der Waals surface area contributed by atoms with Crippen molar-refractivity contribution in [2.24, 2.45) is 5.92 Å². The maximum Gasteiger partial charge on any atom is 0.0201 e. The van der Waals surface area contributed by atoms with E-state index in [4.69, 9.17) is 6.58 Å². The van der Waals surface area contributed by atoms with Gasteiger partial charge in [-0.05, 0) is 126 Å². The molecule has 238 valence electrons. The third kappa shape index (κ3) is 6.92. The SMILES string of the molecule is C=C(CCC)C1=C(C)C=C2C/C(=C\c3ccc(CCc4ccc(C(=C)C)cc4)c(CC)c3)C(=C)C2C1c1ccc(CC)c(CC)c1. The summed E-state index contributed by atoms with van der Waals surface area (Å²) in [5, 5.41) is 0. The minimum atomic E-state index is 0.270. The highest BCUT2D eigenvalue weighted by Gasteiger charge is 2.41.